The number of nitrogens with one attached hydrogen (secondary N) is 2. The lowest BCUT2D eigenvalue weighted by Gasteiger charge is -2.18. The molecule has 386 valence electrons. The predicted octanol–water partition coefficient (Wildman–Crippen LogP) is 12.7. The van der Waals surface area contributed by atoms with Crippen LogP contribution >= 0.6 is 0 Å². The maximum atomic E-state index is 10.9. The van der Waals surface area contributed by atoms with E-state index in [1.807, 2.05) is 113 Å². The minimum Gasteiger partial charge on any atom is -0.483 e. The third-order valence-electron chi connectivity index (χ3n) is 10.6. The molecular weight excluding hydrogens is 937 g/mol. The van der Waals surface area contributed by atoms with Crippen LogP contribution < -0.4 is 20.9 Å². The smallest absolute Gasteiger partial charge is 0.341 e. The first-order chi connectivity index (χ1) is 35.7. The quantitative estimate of drug-likeness (QED) is 0.0173. The van der Waals surface area contributed by atoms with Crippen LogP contribution in [-0.4, -0.2) is 71.0 Å². The number of benzene rings is 6. The standard InChI is InChI=1S/2C28H28N2O3.C2H6.2CH2O2/c1-3-6-19-9-11-20(12-10-19)28(22-13-14-26(30)23(15-22)17-29)25(4-2)21-7-5-8-24(16-21)33-18-27(31)32;1-3-5-19-6-8-21(9-7-19)28(22-12-15-26(30)23(16-22)17-29)25(4-2)20-10-13-24(14-11-20)33-18-27(31)32;1-2;2*2-1-3/h2*3,5-17,29H,4,18,30H2,1-2H3,(H,31,32);1-2H3;2*1H,(H,2,3)/b6-3+,28-25+,29-17?;5-3+,28-25+,29-17?;;;. The van der Waals surface area contributed by atoms with Crippen molar-refractivity contribution in [3.8, 4) is 11.5 Å². The molecule has 74 heavy (non-hydrogen) atoms. The topological polar surface area (TPSA) is 267 Å². The van der Waals surface area contributed by atoms with Crippen molar-refractivity contribution in [2.24, 2.45) is 0 Å². The van der Waals surface area contributed by atoms with Crippen molar-refractivity contribution in [3.63, 3.8) is 0 Å². The Morgan fingerprint density at radius 2 is 0.878 bits per heavy atom. The summed E-state index contributed by atoms with van der Waals surface area (Å²) in [6.45, 7) is 10.9. The number of anilines is 2. The second kappa shape index (κ2) is 33.3. The summed E-state index contributed by atoms with van der Waals surface area (Å²) in [6.07, 6.45) is 12.1. The molecule has 0 aliphatic carbocycles. The highest BCUT2D eigenvalue weighted by molar-refractivity contribution is 6.01. The van der Waals surface area contributed by atoms with E-state index >= 15 is 0 Å². The molecule has 0 aliphatic rings. The number of nitrogens with two attached hydrogens (primary N) is 2. The number of ether oxygens (including phenoxy) is 2. The Morgan fingerprint density at radius 1 is 0.514 bits per heavy atom. The van der Waals surface area contributed by atoms with Crippen LogP contribution in [0.4, 0.5) is 11.4 Å². The Morgan fingerprint density at radius 3 is 1.24 bits per heavy atom. The number of carboxylic acid groups (broad SMARTS) is 4. The molecule has 0 spiro atoms. The number of carbonyl (C=O) groups is 4. The first kappa shape index (κ1) is 60.8. The number of hydrogen-bond donors (Lipinski definition) is 8. The van der Waals surface area contributed by atoms with Gasteiger partial charge in [-0.05, 0) is 142 Å². The third-order valence-corrected chi connectivity index (χ3v) is 10.6. The second-order valence-corrected chi connectivity index (χ2v) is 15.3. The van der Waals surface area contributed by atoms with Crippen molar-refractivity contribution in [2.45, 2.75) is 54.4 Å². The van der Waals surface area contributed by atoms with E-state index in [2.05, 4.69) is 68.5 Å². The van der Waals surface area contributed by atoms with Crippen LogP contribution in [-0.2, 0) is 19.2 Å². The average molecular weight is 1000 g/mol. The first-order valence-electron chi connectivity index (χ1n) is 23.5. The van der Waals surface area contributed by atoms with E-state index < -0.39 is 18.5 Å². The Bertz CT molecular complexity index is 2900. The van der Waals surface area contributed by atoms with Gasteiger partial charge >= 0.3 is 11.9 Å². The van der Waals surface area contributed by atoms with Crippen molar-refractivity contribution < 1.29 is 49.1 Å². The van der Waals surface area contributed by atoms with E-state index in [1.54, 1.807) is 18.2 Å². The molecule has 6 aromatic rings. The maximum Gasteiger partial charge on any atom is 0.341 e. The molecule has 0 aromatic heterocycles. The van der Waals surface area contributed by atoms with Crippen molar-refractivity contribution in [2.75, 3.05) is 24.7 Å². The van der Waals surface area contributed by atoms with Gasteiger partial charge in [0, 0.05) is 34.9 Å². The van der Waals surface area contributed by atoms with Gasteiger partial charge in [0.1, 0.15) is 11.5 Å². The Hall–Kier alpha value is -9.30. The molecule has 10 N–H and O–H groups in total. The van der Waals surface area contributed by atoms with Gasteiger partial charge < -0.3 is 52.2 Å². The van der Waals surface area contributed by atoms with Crippen molar-refractivity contribution in [1.82, 2.24) is 0 Å². The van der Waals surface area contributed by atoms with Crippen molar-refractivity contribution in [1.29, 1.82) is 10.8 Å². The molecular formula is C60H66N4O10. The minimum absolute atomic E-state index is 0.250. The lowest BCUT2D eigenvalue weighted by atomic mass is 9.87. The van der Waals surface area contributed by atoms with Gasteiger partial charge in [-0.1, -0.05) is 137 Å². The van der Waals surface area contributed by atoms with Gasteiger partial charge in [0.05, 0.1) is 0 Å². The molecule has 14 nitrogen and oxygen atoms in total. The molecule has 0 fully saturated rings. The molecule has 0 bridgehead atoms. The summed E-state index contributed by atoms with van der Waals surface area (Å²) in [5.74, 6) is -1.02. The lowest BCUT2D eigenvalue weighted by molar-refractivity contribution is -0.140. The van der Waals surface area contributed by atoms with Crippen LogP contribution in [0.15, 0.2) is 146 Å². The highest BCUT2D eigenvalue weighted by Gasteiger charge is 2.17. The van der Waals surface area contributed by atoms with E-state index in [1.165, 1.54) is 12.4 Å². The zero-order chi connectivity index (χ0) is 55.0. The Kier molecular flexibility index (Phi) is 27.4. The van der Waals surface area contributed by atoms with Gasteiger partial charge in [0.25, 0.3) is 12.9 Å². The molecule has 0 amide bonds. The van der Waals surface area contributed by atoms with E-state index in [0.29, 0.717) is 34.0 Å². The molecule has 6 aromatic carbocycles. The van der Waals surface area contributed by atoms with Crippen molar-refractivity contribution in [3.05, 3.63) is 201 Å². The largest absolute Gasteiger partial charge is 0.483 e. The van der Waals surface area contributed by atoms with Crippen LogP contribution in [0.25, 0.3) is 34.4 Å². The van der Waals surface area contributed by atoms with E-state index in [-0.39, 0.29) is 19.6 Å². The Labute approximate surface area is 433 Å². The van der Waals surface area contributed by atoms with Gasteiger partial charge in [-0.15, -0.1) is 0 Å². The number of hydrogen-bond acceptors (Lipinski definition) is 10. The van der Waals surface area contributed by atoms with Gasteiger partial charge in [0.2, 0.25) is 0 Å². The summed E-state index contributed by atoms with van der Waals surface area (Å²) < 4.78 is 10.7. The zero-order valence-corrected chi connectivity index (χ0v) is 42.5. The van der Waals surface area contributed by atoms with Crippen LogP contribution in [0.2, 0.25) is 0 Å². The van der Waals surface area contributed by atoms with Gasteiger partial charge in [-0.25, -0.2) is 9.59 Å². The second-order valence-electron chi connectivity index (χ2n) is 15.3. The van der Waals surface area contributed by atoms with Gasteiger partial charge in [0.15, 0.2) is 13.2 Å². The average Bonchev–Trinajstić information content (AvgIpc) is 3.41. The fraction of sp³-hybridized carbons (Fsp3) is 0.167. The van der Waals surface area contributed by atoms with Crippen LogP contribution in [0, 0.1) is 10.8 Å². The monoisotopic (exact) mass is 1000 g/mol. The van der Waals surface area contributed by atoms with Gasteiger partial charge in [-0.3, -0.25) is 9.59 Å². The predicted molar refractivity (Wildman–Crippen MR) is 300 cm³/mol. The van der Waals surface area contributed by atoms with Crippen LogP contribution in [0.3, 0.4) is 0 Å². The number of rotatable bonds is 18. The van der Waals surface area contributed by atoms with Crippen LogP contribution in [0.5, 0.6) is 11.5 Å². The minimum atomic E-state index is -1.02. The van der Waals surface area contributed by atoms with Crippen molar-refractivity contribution >= 4 is 83.1 Å². The normalized spacial score (nSPS) is 10.9. The van der Waals surface area contributed by atoms with Gasteiger partial charge in [-0.2, -0.15) is 0 Å². The molecule has 0 heterocycles. The SMILES string of the molecule is C/C=C/c1ccc(/C(=C(/CC)c2ccc(OCC(=O)O)cc2)c2ccc(N)c(C=N)c2)cc1.C/C=C/c1ccc(/C(=C(/CC)c2cccc(OCC(=O)O)c2)c2ccc(N)c(C=N)c2)cc1.CC.O=CO.O=CO. The first-order valence-corrected chi connectivity index (χ1v) is 23.5. The summed E-state index contributed by atoms with van der Waals surface area (Å²) in [4.78, 5) is 38.4. The summed E-state index contributed by atoms with van der Waals surface area (Å²) >= 11 is 0. The molecule has 0 radical (unpaired) electrons. The molecule has 6 rings (SSSR count). The van der Waals surface area contributed by atoms with E-state index in [4.69, 9.17) is 61.8 Å². The number of carboxylic acids is 2. The molecule has 0 saturated heterocycles. The summed E-state index contributed by atoms with van der Waals surface area (Å²) in [5, 5.41) is 47.0. The summed E-state index contributed by atoms with van der Waals surface area (Å²) in [5.41, 5.74) is 27.1. The highest BCUT2D eigenvalue weighted by atomic mass is 16.5. The number of nitrogen functional groups attached to an aromatic ring is 2. The molecule has 0 unspecified atom stereocenters. The van der Waals surface area contributed by atoms with Crippen LogP contribution in [0.1, 0.15) is 110 Å². The van der Waals surface area contributed by atoms with E-state index in [0.717, 1.165) is 79.6 Å². The fourth-order valence-corrected chi connectivity index (χ4v) is 7.51. The van der Waals surface area contributed by atoms with E-state index in [9.17, 15) is 9.59 Å². The Balaban J connectivity index is 0.000000444. The molecule has 0 saturated carbocycles. The highest BCUT2D eigenvalue weighted by Crippen LogP contribution is 2.38. The number of allylic oxidation sites excluding steroid dienone is 4. The summed E-state index contributed by atoms with van der Waals surface area (Å²) in [6, 6.07) is 43.1. The zero-order valence-electron chi connectivity index (χ0n) is 42.5. The molecule has 14 heteroatoms. The number of aliphatic carboxylic acids is 2. The molecule has 0 aliphatic heterocycles. The molecule has 0 atom stereocenters. The maximum absolute atomic E-state index is 10.9. The third kappa shape index (κ3) is 18.8. The summed E-state index contributed by atoms with van der Waals surface area (Å²) in [7, 11) is 0. The fourth-order valence-electron chi connectivity index (χ4n) is 7.51. The lowest BCUT2D eigenvalue weighted by Crippen LogP contribution is -2.09.